The van der Waals surface area contributed by atoms with E-state index in [1.165, 1.54) is 11.3 Å². The lowest BCUT2D eigenvalue weighted by molar-refractivity contribution is -0.121. The second-order valence-electron chi connectivity index (χ2n) is 6.83. The van der Waals surface area contributed by atoms with Crippen molar-refractivity contribution >= 4 is 33.2 Å². The normalized spacial score (nSPS) is 11.3. The number of hydrogen-bond donors (Lipinski definition) is 1. The molecule has 0 spiro atoms. The number of hydrogen-bond acceptors (Lipinski definition) is 6. The summed E-state index contributed by atoms with van der Waals surface area (Å²) in [5.41, 5.74) is 1.78. The van der Waals surface area contributed by atoms with Crippen molar-refractivity contribution < 1.29 is 4.79 Å². The minimum atomic E-state index is -0.0561. The summed E-state index contributed by atoms with van der Waals surface area (Å²) in [4.78, 5) is 29.1. The van der Waals surface area contributed by atoms with Crippen molar-refractivity contribution in [3.63, 3.8) is 0 Å². The van der Waals surface area contributed by atoms with E-state index in [9.17, 15) is 9.59 Å². The summed E-state index contributed by atoms with van der Waals surface area (Å²) in [5, 5.41) is 13.4. The van der Waals surface area contributed by atoms with Crippen molar-refractivity contribution in [3.8, 4) is 0 Å². The van der Waals surface area contributed by atoms with E-state index in [1.807, 2.05) is 28.0 Å². The van der Waals surface area contributed by atoms with Gasteiger partial charge >= 0.3 is 0 Å². The molecule has 1 amide bonds. The van der Waals surface area contributed by atoms with Crippen LogP contribution >= 0.6 is 11.3 Å². The molecule has 4 aromatic heterocycles. The Labute approximate surface area is 171 Å². The molecule has 0 saturated carbocycles. The van der Waals surface area contributed by atoms with Gasteiger partial charge in [0.25, 0.3) is 5.56 Å². The predicted octanol–water partition coefficient (Wildman–Crippen LogP) is 2.55. The van der Waals surface area contributed by atoms with Gasteiger partial charge in [0.1, 0.15) is 10.5 Å². The number of aryl methyl sites for hydroxylation is 2. The number of aromatic nitrogens is 5. The first-order valence-corrected chi connectivity index (χ1v) is 10.6. The van der Waals surface area contributed by atoms with Crippen LogP contribution in [0.15, 0.2) is 40.8 Å². The number of fused-ring (bicyclic) bond motifs is 3. The van der Waals surface area contributed by atoms with Gasteiger partial charge in [-0.2, -0.15) is 0 Å². The number of carbonyl (C=O) groups is 1. The van der Waals surface area contributed by atoms with Crippen LogP contribution in [0.4, 0.5) is 0 Å². The van der Waals surface area contributed by atoms with Crippen LogP contribution in [0.3, 0.4) is 0 Å². The third kappa shape index (κ3) is 3.91. The first-order chi connectivity index (χ1) is 14.2. The maximum absolute atomic E-state index is 12.8. The Hall–Kier alpha value is -3.07. The number of amides is 1. The SMILES string of the molecule is CCCCn1c(=O)c2sccc2n2c(CCC(=O)NCc3ccncc3)nnc12. The highest BCUT2D eigenvalue weighted by Gasteiger charge is 2.17. The highest BCUT2D eigenvalue weighted by Crippen LogP contribution is 2.20. The van der Waals surface area contributed by atoms with Gasteiger partial charge in [0.15, 0.2) is 0 Å². The summed E-state index contributed by atoms with van der Waals surface area (Å²) in [6.45, 7) is 3.16. The number of pyridine rings is 1. The Morgan fingerprint density at radius 1 is 1.21 bits per heavy atom. The molecule has 0 atom stereocenters. The Bertz CT molecular complexity index is 1190. The van der Waals surface area contributed by atoms with Gasteiger partial charge in [0, 0.05) is 38.3 Å². The molecule has 0 bridgehead atoms. The van der Waals surface area contributed by atoms with Gasteiger partial charge in [-0.3, -0.25) is 23.5 Å². The monoisotopic (exact) mass is 410 g/mol. The molecule has 150 valence electrons. The number of rotatable bonds is 8. The Morgan fingerprint density at radius 3 is 2.83 bits per heavy atom. The Morgan fingerprint density at radius 2 is 2.03 bits per heavy atom. The van der Waals surface area contributed by atoms with Gasteiger partial charge in [0.05, 0.1) is 5.52 Å². The second kappa shape index (κ2) is 8.52. The molecule has 0 unspecified atom stereocenters. The van der Waals surface area contributed by atoms with Crippen molar-refractivity contribution in [2.75, 3.05) is 0 Å². The van der Waals surface area contributed by atoms with Crippen LogP contribution < -0.4 is 10.9 Å². The van der Waals surface area contributed by atoms with Crippen molar-refractivity contribution in [1.29, 1.82) is 0 Å². The fourth-order valence-electron chi connectivity index (χ4n) is 3.28. The third-order valence-corrected chi connectivity index (χ3v) is 5.72. The van der Waals surface area contributed by atoms with Gasteiger partial charge in [-0.15, -0.1) is 21.5 Å². The third-order valence-electron chi connectivity index (χ3n) is 4.83. The molecule has 8 nitrogen and oxygen atoms in total. The van der Waals surface area contributed by atoms with Crippen LogP contribution in [-0.2, 0) is 24.3 Å². The molecule has 0 aliphatic heterocycles. The van der Waals surface area contributed by atoms with Crippen LogP contribution in [0.2, 0.25) is 0 Å². The lowest BCUT2D eigenvalue weighted by Crippen LogP contribution is -2.24. The number of unbranched alkanes of at least 4 members (excludes halogenated alkanes) is 1. The predicted molar refractivity (Wildman–Crippen MR) is 112 cm³/mol. The maximum Gasteiger partial charge on any atom is 0.272 e. The maximum atomic E-state index is 12.8. The molecule has 4 rings (SSSR count). The first kappa shape index (κ1) is 19.3. The smallest absolute Gasteiger partial charge is 0.272 e. The fourth-order valence-corrected chi connectivity index (χ4v) is 4.10. The number of thiophene rings is 1. The molecule has 4 aromatic rings. The van der Waals surface area contributed by atoms with E-state index >= 15 is 0 Å². The molecule has 0 fully saturated rings. The standard InChI is InChI=1S/C20H22N6O2S/c1-2-3-11-25-19(28)18-15(8-12-29-18)26-16(23-24-20(25)26)4-5-17(27)22-13-14-6-9-21-10-7-14/h6-10,12H,2-5,11,13H2,1H3,(H,22,27). The van der Waals surface area contributed by atoms with E-state index in [1.54, 1.807) is 17.0 Å². The Kier molecular flexibility index (Phi) is 5.66. The minimum Gasteiger partial charge on any atom is -0.352 e. The molecular formula is C20H22N6O2S. The van der Waals surface area contributed by atoms with E-state index in [4.69, 9.17) is 0 Å². The summed E-state index contributed by atoms with van der Waals surface area (Å²) in [6, 6.07) is 5.65. The number of carbonyl (C=O) groups excluding carboxylic acids is 1. The zero-order valence-corrected chi connectivity index (χ0v) is 17.0. The summed E-state index contributed by atoms with van der Waals surface area (Å²) in [7, 11) is 0. The topological polar surface area (TPSA) is 94.2 Å². The second-order valence-corrected chi connectivity index (χ2v) is 7.75. The fraction of sp³-hybridized carbons (Fsp3) is 0.350. The summed E-state index contributed by atoms with van der Waals surface area (Å²) < 4.78 is 4.30. The van der Waals surface area contributed by atoms with Gasteiger partial charge < -0.3 is 5.32 Å². The van der Waals surface area contributed by atoms with Crippen LogP contribution in [0.5, 0.6) is 0 Å². The van der Waals surface area contributed by atoms with E-state index in [2.05, 4.69) is 27.4 Å². The molecular weight excluding hydrogens is 388 g/mol. The lowest BCUT2D eigenvalue weighted by atomic mass is 10.2. The molecule has 0 radical (unpaired) electrons. The molecule has 9 heteroatoms. The van der Waals surface area contributed by atoms with Crippen molar-refractivity contribution in [1.82, 2.24) is 29.5 Å². The highest BCUT2D eigenvalue weighted by atomic mass is 32.1. The lowest BCUT2D eigenvalue weighted by Gasteiger charge is -2.09. The quantitative estimate of drug-likeness (QED) is 0.482. The zero-order chi connectivity index (χ0) is 20.2. The molecule has 0 aliphatic rings. The van der Waals surface area contributed by atoms with Crippen molar-refractivity contribution in [2.24, 2.45) is 0 Å². The highest BCUT2D eigenvalue weighted by molar-refractivity contribution is 7.17. The minimum absolute atomic E-state index is 0.0232. The molecule has 0 aliphatic carbocycles. The number of nitrogens with zero attached hydrogens (tertiary/aromatic N) is 5. The van der Waals surface area contributed by atoms with Gasteiger partial charge in [-0.25, -0.2) is 0 Å². The van der Waals surface area contributed by atoms with E-state index in [0.29, 0.717) is 42.2 Å². The zero-order valence-electron chi connectivity index (χ0n) is 16.2. The van der Waals surface area contributed by atoms with Gasteiger partial charge in [0.2, 0.25) is 11.7 Å². The van der Waals surface area contributed by atoms with Crippen LogP contribution in [0, 0.1) is 0 Å². The van der Waals surface area contributed by atoms with Crippen LogP contribution in [-0.4, -0.2) is 30.1 Å². The average molecular weight is 411 g/mol. The molecule has 4 heterocycles. The summed E-state index contributed by atoms with van der Waals surface area (Å²) >= 11 is 1.42. The molecule has 0 aromatic carbocycles. The summed E-state index contributed by atoms with van der Waals surface area (Å²) in [5.74, 6) is 1.17. The Balaban J connectivity index is 1.56. The summed E-state index contributed by atoms with van der Waals surface area (Å²) in [6.07, 6.45) is 6.03. The average Bonchev–Trinajstić information content (AvgIpc) is 3.38. The number of nitrogens with one attached hydrogen (secondary N) is 1. The molecule has 0 saturated heterocycles. The first-order valence-electron chi connectivity index (χ1n) is 9.68. The van der Waals surface area contributed by atoms with Gasteiger partial charge in [-0.1, -0.05) is 13.3 Å². The van der Waals surface area contributed by atoms with Crippen molar-refractivity contribution in [3.05, 3.63) is 57.7 Å². The van der Waals surface area contributed by atoms with Crippen molar-refractivity contribution in [2.45, 2.75) is 45.7 Å². The van der Waals surface area contributed by atoms with E-state index in [-0.39, 0.29) is 11.5 Å². The van der Waals surface area contributed by atoms with Gasteiger partial charge in [-0.05, 0) is 35.6 Å². The molecule has 29 heavy (non-hydrogen) atoms. The molecule has 1 N–H and O–H groups in total. The largest absolute Gasteiger partial charge is 0.352 e. The van der Waals surface area contributed by atoms with Crippen LogP contribution in [0.25, 0.3) is 16.0 Å². The van der Waals surface area contributed by atoms with E-state index < -0.39 is 0 Å². The van der Waals surface area contributed by atoms with E-state index in [0.717, 1.165) is 23.9 Å². The van der Waals surface area contributed by atoms with Crippen LogP contribution in [0.1, 0.15) is 37.6 Å².